The first-order valence-corrected chi connectivity index (χ1v) is 19.3. The van der Waals surface area contributed by atoms with E-state index in [1.165, 1.54) is 64.5 Å². The molecule has 0 radical (unpaired) electrons. The average Bonchev–Trinajstić information content (AvgIpc) is 3.30. The Bertz CT molecular complexity index is 1840. The van der Waals surface area contributed by atoms with Crippen LogP contribution in [0.15, 0.2) is 97.1 Å². The molecule has 0 bridgehead atoms. The summed E-state index contributed by atoms with van der Waals surface area (Å²) < 4.78 is 19.4. The van der Waals surface area contributed by atoms with Crippen LogP contribution in [0.2, 0.25) is 0 Å². The minimum absolute atomic E-state index is 0.00540. The van der Waals surface area contributed by atoms with Gasteiger partial charge in [-0.2, -0.15) is 0 Å². The highest BCUT2D eigenvalue weighted by molar-refractivity contribution is 7.22. The van der Waals surface area contributed by atoms with Crippen LogP contribution < -0.4 is 14.2 Å². The maximum absolute atomic E-state index is 14.4. The fourth-order valence-electron chi connectivity index (χ4n) is 7.56. The zero-order valence-electron chi connectivity index (χ0n) is 29.4. The number of rotatable bonds is 12. The molecule has 2 atom stereocenters. The van der Waals surface area contributed by atoms with Crippen molar-refractivity contribution >= 4 is 27.2 Å². The first kappa shape index (κ1) is 34.3. The van der Waals surface area contributed by atoms with Gasteiger partial charge in [0.25, 0.3) is 0 Å². The van der Waals surface area contributed by atoms with Crippen LogP contribution in [0.25, 0.3) is 20.5 Å². The molecule has 50 heavy (non-hydrogen) atoms. The number of carbonyl (C=O) groups is 1. The number of nitrogens with zero attached hydrogens (tertiary/aromatic N) is 1. The molecule has 1 saturated heterocycles. The molecule has 0 spiro atoms. The molecular formula is C44H49NO4S. The van der Waals surface area contributed by atoms with Crippen molar-refractivity contribution in [3.05, 3.63) is 114 Å². The second-order valence-electron chi connectivity index (χ2n) is 14.2. The second-order valence-corrected chi connectivity index (χ2v) is 15.3. The molecule has 2 heterocycles. The van der Waals surface area contributed by atoms with Crippen LogP contribution in [0.1, 0.15) is 86.7 Å². The van der Waals surface area contributed by atoms with Gasteiger partial charge >= 0.3 is 0 Å². The topological polar surface area (TPSA) is 48.0 Å². The molecule has 5 nitrogen and oxygen atoms in total. The first-order chi connectivity index (χ1) is 24.5. The number of hydrogen-bond acceptors (Lipinski definition) is 6. The Balaban J connectivity index is 1.09. The summed E-state index contributed by atoms with van der Waals surface area (Å²) in [5.41, 5.74) is 3.47. The van der Waals surface area contributed by atoms with E-state index >= 15 is 0 Å². The summed E-state index contributed by atoms with van der Waals surface area (Å²) in [6.07, 6.45) is 10.6. The van der Waals surface area contributed by atoms with Crippen molar-refractivity contribution in [1.29, 1.82) is 0 Å². The van der Waals surface area contributed by atoms with Crippen molar-refractivity contribution in [2.45, 2.75) is 84.0 Å². The van der Waals surface area contributed by atoms with Crippen LogP contribution in [0, 0.1) is 5.92 Å². The number of thiophene rings is 1. The predicted molar refractivity (Wildman–Crippen MR) is 205 cm³/mol. The molecular weight excluding hydrogens is 639 g/mol. The quantitative estimate of drug-likeness (QED) is 0.122. The van der Waals surface area contributed by atoms with E-state index < -0.39 is 0 Å². The van der Waals surface area contributed by atoms with Gasteiger partial charge in [-0.1, -0.05) is 49.6 Å². The third-order valence-corrected chi connectivity index (χ3v) is 11.3. The fourth-order valence-corrected chi connectivity index (χ4v) is 8.79. The fraction of sp³-hybridized carbons (Fsp3) is 0.386. The van der Waals surface area contributed by atoms with Gasteiger partial charge in [-0.15, -0.1) is 11.3 Å². The van der Waals surface area contributed by atoms with Gasteiger partial charge in [0.15, 0.2) is 5.78 Å². The van der Waals surface area contributed by atoms with E-state index in [1.54, 1.807) is 11.3 Å². The SMILES string of the molecule is CC(C)Oc1ccc(-c2sc3cc(OCc4ccccc4)ccc3c2C(=O)c2ccc(OCC3CCCC(N4CCCCCC4)C3)cc2)cc1. The van der Waals surface area contributed by atoms with Crippen molar-refractivity contribution < 1.29 is 19.0 Å². The molecule has 0 N–H and O–H groups in total. The second kappa shape index (κ2) is 16.3. The Labute approximate surface area is 301 Å². The molecule has 7 rings (SSSR count). The summed E-state index contributed by atoms with van der Waals surface area (Å²) in [6, 6.07) is 32.7. The van der Waals surface area contributed by atoms with Gasteiger partial charge in [0.2, 0.25) is 0 Å². The maximum Gasteiger partial charge on any atom is 0.195 e. The summed E-state index contributed by atoms with van der Waals surface area (Å²) in [6.45, 7) is 7.79. The molecule has 1 aromatic heterocycles. The lowest BCUT2D eigenvalue weighted by atomic mass is 9.85. The summed E-state index contributed by atoms with van der Waals surface area (Å²) in [5, 5.41) is 0.932. The van der Waals surface area contributed by atoms with E-state index in [4.69, 9.17) is 14.2 Å². The molecule has 2 aliphatic rings. The number of likely N-dealkylation sites (tertiary alicyclic amines) is 1. The number of carbonyl (C=O) groups excluding carboxylic acids is 1. The molecule has 1 saturated carbocycles. The van der Waals surface area contributed by atoms with E-state index in [9.17, 15) is 4.79 Å². The van der Waals surface area contributed by atoms with Crippen molar-refractivity contribution in [1.82, 2.24) is 4.90 Å². The third-order valence-electron chi connectivity index (χ3n) is 10.1. The molecule has 4 aromatic carbocycles. The number of ether oxygens (including phenoxy) is 3. The van der Waals surface area contributed by atoms with Crippen molar-refractivity contribution in [2.75, 3.05) is 19.7 Å². The van der Waals surface area contributed by atoms with Crippen LogP contribution in [0.4, 0.5) is 0 Å². The van der Waals surface area contributed by atoms with Gasteiger partial charge < -0.3 is 19.1 Å². The normalized spacial score (nSPS) is 18.5. The van der Waals surface area contributed by atoms with E-state index in [0.29, 0.717) is 29.7 Å². The standard InChI is InChI=1S/C44H49NO4S/c1-31(2)49-38-21-17-35(18-22-38)44-42(40-24-23-39(28-41(40)50-44)48-29-32-11-6-5-7-12-32)43(46)34-15-19-37(20-16-34)47-30-33-13-10-14-36(27-33)45-25-8-3-4-9-26-45/h5-7,11-12,15-24,28,31,33,36H,3-4,8-10,13-14,25-27,29-30H2,1-2H3. The van der Waals surface area contributed by atoms with E-state index in [1.807, 2.05) is 92.7 Å². The summed E-state index contributed by atoms with van der Waals surface area (Å²) in [5.74, 6) is 3.01. The van der Waals surface area contributed by atoms with Gasteiger partial charge in [0.05, 0.1) is 12.7 Å². The Hall–Kier alpha value is -4.13. The largest absolute Gasteiger partial charge is 0.493 e. The first-order valence-electron chi connectivity index (χ1n) is 18.5. The van der Waals surface area contributed by atoms with Crippen LogP contribution in [0.3, 0.4) is 0 Å². The Morgan fingerprint density at radius 2 is 1.50 bits per heavy atom. The molecule has 1 aliphatic carbocycles. The predicted octanol–water partition coefficient (Wildman–Crippen LogP) is 11.0. The lowest BCUT2D eigenvalue weighted by Gasteiger charge is -2.37. The summed E-state index contributed by atoms with van der Waals surface area (Å²) in [4.78, 5) is 18.1. The van der Waals surface area contributed by atoms with Crippen LogP contribution >= 0.6 is 11.3 Å². The molecule has 5 aromatic rings. The van der Waals surface area contributed by atoms with Crippen LogP contribution in [0.5, 0.6) is 17.2 Å². The minimum atomic E-state index is 0.00540. The average molecular weight is 688 g/mol. The number of fused-ring (bicyclic) bond motifs is 1. The highest BCUT2D eigenvalue weighted by Gasteiger charge is 2.28. The lowest BCUT2D eigenvalue weighted by Crippen LogP contribution is -2.40. The van der Waals surface area contributed by atoms with Crippen molar-refractivity contribution in [3.63, 3.8) is 0 Å². The molecule has 0 amide bonds. The summed E-state index contributed by atoms with van der Waals surface area (Å²) >= 11 is 1.62. The van der Waals surface area contributed by atoms with Gasteiger partial charge in [-0.3, -0.25) is 4.79 Å². The van der Waals surface area contributed by atoms with Crippen molar-refractivity contribution in [2.24, 2.45) is 5.92 Å². The highest BCUT2D eigenvalue weighted by Crippen LogP contribution is 2.42. The Morgan fingerprint density at radius 3 is 2.24 bits per heavy atom. The van der Waals surface area contributed by atoms with Crippen LogP contribution in [-0.2, 0) is 6.61 Å². The molecule has 2 unspecified atom stereocenters. The highest BCUT2D eigenvalue weighted by atomic mass is 32.1. The number of hydrogen-bond donors (Lipinski definition) is 0. The van der Waals surface area contributed by atoms with Crippen molar-refractivity contribution in [3.8, 4) is 27.7 Å². The Kier molecular flexibility index (Phi) is 11.2. The zero-order chi connectivity index (χ0) is 34.3. The van der Waals surface area contributed by atoms with Gasteiger partial charge in [-0.05, 0) is 143 Å². The van der Waals surface area contributed by atoms with E-state index in [2.05, 4.69) is 23.1 Å². The molecule has 2 fully saturated rings. The third kappa shape index (κ3) is 8.42. The molecule has 6 heteroatoms. The zero-order valence-corrected chi connectivity index (χ0v) is 30.3. The van der Waals surface area contributed by atoms with Gasteiger partial charge in [0, 0.05) is 32.1 Å². The monoisotopic (exact) mass is 687 g/mol. The minimum Gasteiger partial charge on any atom is -0.493 e. The van der Waals surface area contributed by atoms with Gasteiger partial charge in [0.1, 0.15) is 23.9 Å². The molecule has 260 valence electrons. The lowest BCUT2D eigenvalue weighted by molar-refractivity contribution is 0.104. The van der Waals surface area contributed by atoms with Gasteiger partial charge in [-0.25, -0.2) is 0 Å². The Morgan fingerprint density at radius 1 is 0.780 bits per heavy atom. The van der Waals surface area contributed by atoms with Crippen LogP contribution in [-0.4, -0.2) is 42.5 Å². The number of ketones is 1. The molecule has 1 aliphatic heterocycles. The smallest absolute Gasteiger partial charge is 0.195 e. The number of benzene rings is 4. The summed E-state index contributed by atoms with van der Waals surface area (Å²) in [7, 11) is 0. The maximum atomic E-state index is 14.4. The van der Waals surface area contributed by atoms with E-state index in [-0.39, 0.29) is 11.9 Å². The van der Waals surface area contributed by atoms with E-state index in [0.717, 1.165) is 49.9 Å².